The van der Waals surface area contributed by atoms with E-state index in [2.05, 4.69) is 34.4 Å². The predicted molar refractivity (Wildman–Crippen MR) is 140 cm³/mol. The number of allylic oxidation sites excluding steroid dienone is 1. The average molecular weight is 585 g/mol. The first-order valence-corrected chi connectivity index (χ1v) is 13.7. The van der Waals surface area contributed by atoms with Crippen molar-refractivity contribution in [2.45, 2.75) is 74.8 Å². The first-order chi connectivity index (χ1) is 17.5. The largest absolute Gasteiger partial charge is 0.460 e. The molecule has 0 aromatic heterocycles. The number of hydrogen-bond donors (Lipinski definition) is 2. The Labute approximate surface area is 226 Å². The molecule has 1 unspecified atom stereocenters. The number of aliphatic hydroxyl groups is 1. The molecule has 0 aliphatic carbocycles. The summed E-state index contributed by atoms with van der Waals surface area (Å²) in [4.78, 5) is 55.6. The average Bonchev–Trinajstić information content (AvgIpc) is 3.43. The van der Waals surface area contributed by atoms with E-state index < -0.39 is 47.6 Å². The second-order valence-electron chi connectivity index (χ2n) is 10.2. The topological polar surface area (TPSA) is 125 Å². The summed E-state index contributed by atoms with van der Waals surface area (Å²) in [6, 6.07) is -1.14. The maximum Gasteiger partial charge on any atom is 0.312 e. The number of rotatable bonds is 13. The minimum Gasteiger partial charge on any atom is -0.460 e. The molecular formula is C26H38BrN3O7. The Morgan fingerprint density at radius 2 is 2.03 bits per heavy atom. The van der Waals surface area contributed by atoms with E-state index in [0.717, 1.165) is 0 Å². The van der Waals surface area contributed by atoms with Crippen LogP contribution in [0.25, 0.3) is 0 Å². The summed E-state index contributed by atoms with van der Waals surface area (Å²) in [7, 11) is 0. The Morgan fingerprint density at radius 1 is 1.32 bits per heavy atom. The molecule has 3 rings (SSSR count). The maximum absolute atomic E-state index is 13.9. The molecule has 206 valence electrons. The maximum atomic E-state index is 13.9. The molecule has 3 saturated heterocycles. The predicted octanol–water partition coefficient (Wildman–Crippen LogP) is 1.16. The Bertz CT molecular complexity index is 928. The van der Waals surface area contributed by atoms with Crippen LogP contribution in [-0.4, -0.2) is 99.6 Å². The van der Waals surface area contributed by atoms with Crippen LogP contribution in [0.1, 0.15) is 40.0 Å². The van der Waals surface area contributed by atoms with Gasteiger partial charge in [-0.25, -0.2) is 0 Å². The molecule has 10 nitrogen and oxygen atoms in total. The molecule has 3 heterocycles. The van der Waals surface area contributed by atoms with Crippen molar-refractivity contribution >= 4 is 39.6 Å². The summed E-state index contributed by atoms with van der Waals surface area (Å²) in [6.07, 6.45) is 3.21. The number of hydrogen-bond acceptors (Lipinski definition) is 7. The monoisotopic (exact) mass is 583 g/mol. The van der Waals surface area contributed by atoms with Gasteiger partial charge in [-0.15, -0.1) is 13.2 Å². The summed E-state index contributed by atoms with van der Waals surface area (Å²) in [5.74, 6) is -3.31. The molecule has 3 amide bonds. The SMILES string of the molecule is C=CCCC(=O)NC[C@@H](C)OC(=O)[C@H]1[C@@H]2O[C@@]3(CC2Br)[C@@H]1C(=O)N(CCO)[C@@H]3C(=O)N(CC=C)C(C)C. The van der Waals surface area contributed by atoms with Gasteiger partial charge in [-0.3, -0.25) is 19.2 Å². The standard InChI is InChI=1S/C26H38BrN3O7/c1-6-8-9-18(32)28-14-16(5)36-25(35)19-20-23(33)30(11-12-31)22(24(34)29(10-7-2)15(3)4)26(20)13-17(27)21(19)37-26/h6-7,15-17,19-22,31H,1-2,8-14H2,3-5H3,(H,28,32)/t16-,17?,19-,20+,21-,22-,26+/m1/s1. The summed E-state index contributed by atoms with van der Waals surface area (Å²) in [6.45, 7) is 12.8. The highest BCUT2D eigenvalue weighted by Crippen LogP contribution is 2.60. The van der Waals surface area contributed by atoms with E-state index in [4.69, 9.17) is 9.47 Å². The minimum atomic E-state index is -1.22. The van der Waals surface area contributed by atoms with Crippen LogP contribution in [0.15, 0.2) is 25.3 Å². The van der Waals surface area contributed by atoms with E-state index in [0.29, 0.717) is 19.3 Å². The highest BCUT2D eigenvalue weighted by Gasteiger charge is 2.77. The second-order valence-corrected chi connectivity index (χ2v) is 11.3. The summed E-state index contributed by atoms with van der Waals surface area (Å²) in [5.41, 5.74) is -1.22. The van der Waals surface area contributed by atoms with Gasteiger partial charge in [0, 0.05) is 30.4 Å². The number of nitrogens with zero attached hydrogens (tertiary/aromatic N) is 2. The number of amides is 3. The lowest BCUT2D eigenvalue weighted by Gasteiger charge is -2.38. The molecule has 2 N–H and O–H groups in total. The van der Waals surface area contributed by atoms with Crippen molar-refractivity contribution in [1.29, 1.82) is 0 Å². The first kappa shape index (κ1) is 29.3. The van der Waals surface area contributed by atoms with Gasteiger partial charge in [0.05, 0.1) is 31.1 Å². The zero-order chi connectivity index (χ0) is 27.5. The molecule has 11 heteroatoms. The van der Waals surface area contributed by atoms with Crippen LogP contribution in [0.3, 0.4) is 0 Å². The third-order valence-electron chi connectivity index (χ3n) is 7.35. The van der Waals surface area contributed by atoms with Gasteiger partial charge in [-0.2, -0.15) is 0 Å². The molecule has 0 radical (unpaired) electrons. The first-order valence-electron chi connectivity index (χ1n) is 12.8. The highest BCUT2D eigenvalue weighted by molar-refractivity contribution is 9.09. The van der Waals surface area contributed by atoms with E-state index >= 15 is 0 Å². The number of likely N-dealkylation sites (tertiary alicyclic amines) is 1. The van der Waals surface area contributed by atoms with Crippen LogP contribution in [0, 0.1) is 11.8 Å². The number of carbonyl (C=O) groups excluding carboxylic acids is 4. The van der Waals surface area contributed by atoms with Crippen molar-refractivity contribution in [2.24, 2.45) is 11.8 Å². The number of halogens is 1. The Morgan fingerprint density at radius 3 is 2.62 bits per heavy atom. The summed E-state index contributed by atoms with van der Waals surface area (Å²) < 4.78 is 12.1. The number of fused-ring (bicyclic) bond motifs is 1. The zero-order valence-electron chi connectivity index (χ0n) is 21.7. The lowest BCUT2D eigenvalue weighted by Crippen LogP contribution is -2.58. The van der Waals surface area contributed by atoms with E-state index in [1.165, 1.54) is 4.90 Å². The molecule has 2 bridgehead atoms. The number of carbonyl (C=O) groups is 4. The quantitative estimate of drug-likeness (QED) is 0.189. The number of aliphatic hydroxyl groups excluding tert-OH is 1. The van der Waals surface area contributed by atoms with Gasteiger partial charge in [0.15, 0.2) is 0 Å². The van der Waals surface area contributed by atoms with Crippen LogP contribution in [0.5, 0.6) is 0 Å². The van der Waals surface area contributed by atoms with Crippen LogP contribution in [0.2, 0.25) is 0 Å². The Hall–Kier alpha value is -2.24. The van der Waals surface area contributed by atoms with Gasteiger partial charge in [0.25, 0.3) is 0 Å². The molecule has 7 atom stereocenters. The molecule has 0 aromatic carbocycles. The van der Waals surface area contributed by atoms with Crippen molar-refractivity contribution in [3.05, 3.63) is 25.3 Å². The van der Waals surface area contributed by atoms with Gasteiger partial charge in [-0.05, 0) is 33.6 Å². The van der Waals surface area contributed by atoms with Gasteiger partial charge in [0.1, 0.15) is 17.7 Å². The molecule has 37 heavy (non-hydrogen) atoms. The van der Waals surface area contributed by atoms with Gasteiger partial charge in [-0.1, -0.05) is 28.1 Å². The molecule has 0 aromatic rings. The molecule has 0 saturated carbocycles. The van der Waals surface area contributed by atoms with Crippen molar-refractivity contribution in [2.75, 3.05) is 26.2 Å². The van der Waals surface area contributed by atoms with Crippen LogP contribution in [-0.2, 0) is 28.7 Å². The minimum absolute atomic E-state index is 0.0522. The number of nitrogens with one attached hydrogen (secondary N) is 1. The van der Waals surface area contributed by atoms with Crippen LogP contribution < -0.4 is 5.32 Å². The van der Waals surface area contributed by atoms with Gasteiger partial charge in [0.2, 0.25) is 17.7 Å². The second kappa shape index (κ2) is 12.1. The fourth-order valence-corrected chi connectivity index (χ4v) is 6.72. The zero-order valence-corrected chi connectivity index (χ0v) is 23.3. The van der Waals surface area contributed by atoms with Crippen LogP contribution in [0.4, 0.5) is 0 Å². The molecule has 3 aliphatic rings. The van der Waals surface area contributed by atoms with Crippen molar-refractivity contribution < 1.29 is 33.8 Å². The molecule has 1 spiro atoms. The lowest BCUT2D eigenvalue weighted by atomic mass is 9.70. The third kappa shape index (κ3) is 5.49. The summed E-state index contributed by atoms with van der Waals surface area (Å²) >= 11 is 3.61. The van der Waals surface area contributed by atoms with E-state index in [1.54, 1.807) is 24.0 Å². The summed E-state index contributed by atoms with van der Waals surface area (Å²) in [5, 5.41) is 12.4. The van der Waals surface area contributed by atoms with E-state index in [9.17, 15) is 24.3 Å². The smallest absolute Gasteiger partial charge is 0.312 e. The third-order valence-corrected chi connectivity index (χ3v) is 8.19. The number of alkyl halides is 1. The van der Waals surface area contributed by atoms with Crippen LogP contribution >= 0.6 is 15.9 Å². The number of esters is 1. The number of ether oxygens (including phenoxy) is 2. The molecular weight excluding hydrogens is 546 g/mol. The van der Waals surface area contributed by atoms with Crippen molar-refractivity contribution in [3.63, 3.8) is 0 Å². The fraction of sp³-hybridized carbons (Fsp3) is 0.692. The lowest BCUT2D eigenvalue weighted by molar-refractivity contribution is -0.159. The van der Waals surface area contributed by atoms with Gasteiger partial charge < -0.3 is 29.7 Å². The molecule has 3 fully saturated rings. The van der Waals surface area contributed by atoms with E-state index in [1.807, 2.05) is 13.8 Å². The Kier molecular flexibility index (Phi) is 9.57. The van der Waals surface area contributed by atoms with Crippen molar-refractivity contribution in [3.8, 4) is 0 Å². The normalized spacial score (nSPS) is 30.7. The Balaban J connectivity index is 1.85. The highest BCUT2D eigenvalue weighted by atomic mass is 79.9. The fourth-order valence-electron chi connectivity index (χ4n) is 5.78. The molecule has 3 aliphatic heterocycles. The number of β-amino-alcohol motifs (C(OH)–C–C–N with tert-alkyl or cyclic N) is 1. The van der Waals surface area contributed by atoms with Gasteiger partial charge >= 0.3 is 5.97 Å². The van der Waals surface area contributed by atoms with Crippen molar-refractivity contribution in [1.82, 2.24) is 15.1 Å². The van der Waals surface area contributed by atoms with E-state index in [-0.39, 0.29) is 48.9 Å².